The quantitative estimate of drug-likeness (QED) is 0.285. The molecule has 0 radical (unpaired) electrons. The molecule has 0 N–H and O–H groups in total. The maximum atomic E-state index is 12.5. The third-order valence-electron chi connectivity index (χ3n) is 6.12. The number of aromatic nitrogens is 2. The Bertz CT molecular complexity index is 1550. The highest BCUT2D eigenvalue weighted by atomic mass is 32.2. The van der Waals surface area contributed by atoms with Gasteiger partial charge in [0.2, 0.25) is 5.91 Å². The van der Waals surface area contributed by atoms with Crippen molar-refractivity contribution in [3.63, 3.8) is 0 Å². The van der Waals surface area contributed by atoms with Crippen LogP contribution >= 0.6 is 11.8 Å². The van der Waals surface area contributed by atoms with Crippen molar-refractivity contribution in [2.75, 3.05) is 11.9 Å². The number of anilines is 2. The molecule has 0 spiro atoms. The largest absolute Gasteiger partial charge is 0.343 e. The van der Waals surface area contributed by atoms with Crippen molar-refractivity contribution in [1.82, 2.24) is 9.78 Å². The lowest BCUT2D eigenvalue weighted by Crippen LogP contribution is -2.14. The average Bonchev–Trinajstić information content (AvgIpc) is 3.30. The van der Waals surface area contributed by atoms with Crippen LogP contribution in [0.15, 0.2) is 101 Å². The lowest BCUT2D eigenvalue weighted by atomic mass is 10.0. The number of benzene rings is 4. The summed E-state index contributed by atoms with van der Waals surface area (Å²) in [5, 5.41) is 7.01. The lowest BCUT2D eigenvalue weighted by Gasteiger charge is -2.29. The van der Waals surface area contributed by atoms with E-state index in [0.29, 0.717) is 0 Å². The van der Waals surface area contributed by atoms with E-state index in [1.54, 1.807) is 18.7 Å². The summed E-state index contributed by atoms with van der Waals surface area (Å²) in [5.41, 5.74) is 5.93. The van der Waals surface area contributed by atoms with Gasteiger partial charge in [-0.1, -0.05) is 66.4 Å². The number of hydrogen-bond acceptors (Lipinski definition) is 4. The molecule has 5 aromatic rings. The number of rotatable bonds is 2. The van der Waals surface area contributed by atoms with Gasteiger partial charge >= 0.3 is 0 Å². The second-order valence-corrected chi connectivity index (χ2v) is 9.30. The van der Waals surface area contributed by atoms with Crippen LogP contribution in [0.5, 0.6) is 0 Å². The number of nitrogens with zero attached hydrogens (tertiary/aromatic N) is 3. The van der Waals surface area contributed by atoms with Crippen LogP contribution in [-0.4, -0.2) is 22.7 Å². The van der Waals surface area contributed by atoms with Gasteiger partial charge in [-0.05, 0) is 47.2 Å². The number of carbonyl (C=O) groups is 1. The van der Waals surface area contributed by atoms with Crippen LogP contribution in [0.1, 0.15) is 11.7 Å². The highest BCUT2D eigenvalue weighted by molar-refractivity contribution is 7.99. The number of para-hydroxylation sites is 1. The molecule has 0 saturated heterocycles. The first-order valence-corrected chi connectivity index (χ1v) is 11.7. The van der Waals surface area contributed by atoms with E-state index in [0.717, 1.165) is 38.5 Å². The predicted octanol–water partition coefficient (Wildman–Crippen LogP) is 7.26. The van der Waals surface area contributed by atoms with Crippen molar-refractivity contribution in [2.24, 2.45) is 0 Å². The highest BCUT2D eigenvalue weighted by Crippen LogP contribution is 2.48. The monoisotopic (exact) mass is 447 g/mol. The Morgan fingerprint density at radius 2 is 1.48 bits per heavy atom. The van der Waals surface area contributed by atoms with E-state index in [2.05, 4.69) is 89.8 Å². The van der Waals surface area contributed by atoms with Crippen LogP contribution in [0.3, 0.4) is 0 Å². The van der Waals surface area contributed by atoms with Gasteiger partial charge in [-0.25, -0.2) is 0 Å². The van der Waals surface area contributed by atoms with Crippen molar-refractivity contribution in [3.05, 3.63) is 91.0 Å². The molecule has 160 valence electrons. The molecule has 4 aromatic carbocycles. The fourth-order valence-corrected chi connectivity index (χ4v) is 5.61. The highest BCUT2D eigenvalue weighted by Gasteiger charge is 2.22. The average molecular weight is 448 g/mol. The molecule has 6 rings (SSSR count). The minimum Gasteiger partial charge on any atom is -0.343 e. The second kappa shape index (κ2) is 7.64. The SMILES string of the molecule is CC(=O)n1nc(-c2ccc3ccccc3c2)cc1-c1ccc2c(c1)Sc1ccccc1N2C. The summed E-state index contributed by atoms with van der Waals surface area (Å²) in [6, 6.07) is 31.3. The van der Waals surface area contributed by atoms with E-state index >= 15 is 0 Å². The van der Waals surface area contributed by atoms with Crippen LogP contribution in [0.25, 0.3) is 33.3 Å². The molecule has 0 fully saturated rings. The van der Waals surface area contributed by atoms with Crippen LogP contribution in [0.4, 0.5) is 11.4 Å². The Morgan fingerprint density at radius 3 is 2.33 bits per heavy atom. The first kappa shape index (κ1) is 19.8. The zero-order valence-electron chi connectivity index (χ0n) is 18.3. The van der Waals surface area contributed by atoms with Gasteiger partial charge in [0, 0.05) is 34.9 Å². The molecule has 4 nitrogen and oxygen atoms in total. The third-order valence-corrected chi connectivity index (χ3v) is 7.23. The van der Waals surface area contributed by atoms with Gasteiger partial charge in [0.05, 0.1) is 22.8 Å². The summed E-state index contributed by atoms with van der Waals surface area (Å²) in [4.78, 5) is 17.1. The molecule has 0 unspecified atom stereocenters. The molecule has 0 atom stereocenters. The smallest absolute Gasteiger partial charge is 0.244 e. The van der Waals surface area contributed by atoms with Gasteiger partial charge in [0.15, 0.2) is 0 Å². The normalized spacial score (nSPS) is 12.5. The lowest BCUT2D eigenvalue weighted by molar-refractivity contribution is 0.0923. The zero-order valence-corrected chi connectivity index (χ0v) is 19.1. The van der Waals surface area contributed by atoms with E-state index in [4.69, 9.17) is 0 Å². The van der Waals surface area contributed by atoms with Crippen molar-refractivity contribution >= 4 is 39.8 Å². The molecule has 33 heavy (non-hydrogen) atoms. The van der Waals surface area contributed by atoms with Gasteiger partial charge in [0.25, 0.3) is 0 Å². The maximum Gasteiger partial charge on any atom is 0.244 e. The number of fused-ring (bicyclic) bond motifs is 3. The van der Waals surface area contributed by atoms with E-state index in [1.165, 1.54) is 20.7 Å². The minimum absolute atomic E-state index is 0.107. The van der Waals surface area contributed by atoms with Gasteiger partial charge in [-0.15, -0.1) is 0 Å². The maximum absolute atomic E-state index is 12.5. The Balaban J connectivity index is 1.45. The molecular formula is C28H21N3OS. The fourth-order valence-electron chi connectivity index (χ4n) is 4.42. The molecule has 1 aliphatic rings. The number of hydrogen-bond donors (Lipinski definition) is 0. The molecule has 0 saturated carbocycles. The van der Waals surface area contributed by atoms with E-state index in [-0.39, 0.29) is 5.91 Å². The third kappa shape index (κ3) is 3.33. The summed E-state index contributed by atoms with van der Waals surface area (Å²) in [6.45, 7) is 1.55. The first-order valence-electron chi connectivity index (χ1n) is 10.8. The van der Waals surface area contributed by atoms with Gasteiger partial charge in [-0.2, -0.15) is 9.78 Å². The summed E-state index contributed by atoms with van der Waals surface area (Å²) in [7, 11) is 2.09. The molecule has 1 aromatic heterocycles. The first-order chi connectivity index (χ1) is 16.1. The minimum atomic E-state index is -0.107. The molecule has 5 heteroatoms. The van der Waals surface area contributed by atoms with Crippen molar-refractivity contribution in [1.29, 1.82) is 0 Å². The van der Waals surface area contributed by atoms with Gasteiger partial charge in [0.1, 0.15) is 0 Å². The summed E-state index contributed by atoms with van der Waals surface area (Å²) in [5.74, 6) is -0.107. The molecular weight excluding hydrogens is 426 g/mol. The van der Waals surface area contributed by atoms with E-state index < -0.39 is 0 Å². The molecule has 0 aliphatic carbocycles. The summed E-state index contributed by atoms with van der Waals surface area (Å²) >= 11 is 1.76. The topological polar surface area (TPSA) is 38.1 Å². The predicted molar refractivity (Wildman–Crippen MR) is 136 cm³/mol. The fraction of sp³-hybridized carbons (Fsp3) is 0.0714. The molecule has 0 amide bonds. The van der Waals surface area contributed by atoms with E-state index in [9.17, 15) is 4.79 Å². The van der Waals surface area contributed by atoms with Crippen molar-refractivity contribution < 1.29 is 4.79 Å². The Labute approximate surface area is 196 Å². The summed E-state index contributed by atoms with van der Waals surface area (Å²) < 4.78 is 1.51. The zero-order chi connectivity index (χ0) is 22.5. The Morgan fingerprint density at radius 1 is 0.758 bits per heavy atom. The molecule has 0 bridgehead atoms. The van der Waals surface area contributed by atoms with Gasteiger partial charge < -0.3 is 4.90 Å². The number of carbonyl (C=O) groups excluding carboxylic acids is 1. The van der Waals surface area contributed by atoms with Crippen molar-refractivity contribution in [3.8, 4) is 22.5 Å². The van der Waals surface area contributed by atoms with Crippen molar-refractivity contribution in [2.45, 2.75) is 16.7 Å². The van der Waals surface area contributed by atoms with Gasteiger partial charge in [-0.3, -0.25) is 4.79 Å². The Hall–Kier alpha value is -3.83. The molecule has 2 heterocycles. The van der Waals surface area contributed by atoms with Crippen LogP contribution in [-0.2, 0) is 0 Å². The van der Waals surface area contributed by atoms with Crippen LogP contribution in [0.2, 0.25) is 0 Å². The second-order valence-electron chi connectivity index (χ2n) is 8.22. The van der Waals surface area contributed by atoms with Crippen LogP contribution < -0.4 is 4.90 Å². The standard InChI is InChI=1S/C28H21N3OS/c1-18(32)31-26(17-23(29-31)21-12-11-19-7-3-4-8-20(19)15-21)22-13-14-25-28(16-22)33-27-10-6-5-9-24(27)30(25)2/h3-17H,1-2H3. The summed E-state index contributed by atoms with van der Waals surface area (Å²) in [6.07, 6.45) is 0. The Kier molecular flexibility index (Phi) is 4.59. The molecule has 1 aliphatic heterocycles. The van der Waals surface area contributed by atoms with E-state index in [1.807, 2.05) is 18.2 Å². The van der Waals surface area contributed by atoms with Crippen LogP contribution in [0, 0.1) is 0 Å².